The highest BCUT2D eigenvalue weighted by molar-refractivity contribution is 5.96. The second-order valence-electron chi connectivity index (χ2n) is 17.1. The molecule has 4 atom stereocenters. The lowest BCUT2D eigenvalue weighted by atomic mass is 9.92. The number of nitrogens with one attached hydrogen (secondary N) is 2. The molecule has 3 amide bonds. The summed E-state index contributed by atoms with van der Waals surface area (Å²) in [4.78, 5) is 61.7. The van der Waals surface area contributed by atoms with Crippen LogP contribution in [-0.2, 0) is 54.7 Å². The van der Waals surface area contributed by atoms with Crippen molar-refractivity contribution in [1.82, 2.24) is 25.8 Å². The highest BCUT2D eigenvalue weighted by Gasteiger charge is 2.65. The van der Waals surface area contributed by atoms with Gasteiger partial charge in [-0.25, -0.2) is 20.3 Å². The van der Waals surface area contributed by atoms with Crippen LogP contribution in [0.1, 0.15) is 47.7 Å². The molecule has 348 valence electrons. The minimum atomic E-state index is -0.987. The van der Waals surface area contributed by atoms with Gasteiger partial charge in [0.15, 0.2) is 11.6 Å². The van der Waals surface area contributed by atoms with Crippen molar-refractivity contribution in [2.24, 2.45) is 22.7 Å². The zero-order valence-corrected chi connectivity index (χ0v) is 37.4. The van der Waals surface area contributed by atoms with Crippen LogP contribution in [0.4, 0.5) is 10.2 Å². The van der Waals surface area contributed by atoms with Crippen molar-refractivity contribution < 1.29 is 52.9 Å². The summed E-state index contributed by atoms with van der Waals surface area (Å²) >= 11 is 0. The molecular formula is C49H55FN6O10. The summed E-state index contributed by atoms with van der Waals surface area (Å²) in [5, 5.41) is 18.9. The molecule has 2 saturated carbocycles. The van der Waals surface area contributed by atoms with E-state index in [1.165, 1.54) is 17.0 Å². The SMILES string of the molecule is CCOC(=O)[C@@]1(Cc2ccc(OCc3ccnc(N4CCOCC4)c3)cc2)C[C@@H]1C(=O)NO.Cc1cc(COc2ccc(C[C@]3(C(=O)N(C)C)C[C@@H]3C(=O)NO)cc2F)c2ccccc2n1. The zero-order chi connectivity index (χ0) is 47.0. The number of pyridine rings is 2. The fourth-order valence-corrected chi connectivity index (χ4v) is 8.73. The summed E-state index contributed by atoms with van der Waals surface area (Å²) in [6, 6.07) is 25.6. The number of hydroxylamine groups is 2. The number of carbonyl (C=O) groups is 4. The van der Waals surface area contributed by atoms with E-state index in [9.17, 15) is 23.6 Å². The van der Waals surface area contributed by atoms with Crippen molar-refractivity contribution in [2.75, 3.05) is 51.9 Å². The summed E-state index contributed by atoms with van der Waals surface area (Å²) in [5.41, 5.74) is 6.46. The molecule has 3 heterocycles. The first-order valence-electron chi connectivity index (χ1n) is 21.8. The smallest absolute Gasteiger partial charge is 0.313 e. The van der Waals surface area contributed by atoms with Gasteiger partial charge in [-0.3, -0.25) is 34.6 Å². The molecule has 0 spiro atoms. The van der Waals surface area contributed by atoms with E-state index in [1.807, 2.05) is 73.7 Å². The lowest BCUT2D eigenvalue weighted by Crippen LogP contribution is -2.36. The molecule has 17 heteroatoms. The lowest BCUT2D eigenvalue weighted by molar-refractivity contribution is -0.152. The Kier molecular flexibility index (Phi) is 14.8. The van der Waals surface area contributed by atoms with Gasteiger partial charge in [0.05, 0.1) is 48.0 Å². The van der Waals surface area contributed by atoms with Gasteiger partial charge in [-0.1, -0.05) is 36.4 Å². The minimum absolute atomic E-state index is 0.103. The number of aryl methyl sites for hydroxylation is 1. The minimum Gasteiger partial charge on any atom is -0.489 e. The zero-order valence-electron chi connectivity index (χ0n) is 37.4. The molecule has 4 N–H and O–H groups in total. The summed E-state index contributed by atoms with van der Waals surface area (Å²) in [5.74, 6) is -1.86. The molecule has 1 aliphatic heterocycles. The van der Waals surface area contributed by atoms with E-state index in [2.05, 4.69) is 14.9 Å². The van der Waals surface area contributed by atoms with E-state index in [-0.39, 0.29) is 31.3 Å². The Bertz CT molecular complexity index is 2550. The van der Waals surface area contributed by atoms with Crippen LogP contribution in [0.25, 0.3) is 10.9 Å². The van der Waals surface area contributed by atoms with Crippen LogP contribution in [0.2, 0.25) is 0 Å². The standard InChI is InChI=1S/C25H26FN3O4.C24H29N3O6/c1-15-10-17(18-6-4-5-7-21(18)27-15)14-33-22-9-8-16(11-20(22)26)12-25(24(31)29(2)3)13-19(25)23(30)28-32;1-2-32-23(29)24(15-20(24)22(28)26-30)14-17-3-5-19(6-4-17)33-16-18-7-8-25-21(13-18)27-9-11-31-12-10-27/h4-11,19,32H,12-14H2,1-3H3,(H,28,30);3-8,13,20,30H,2,9-12,14-16H2,1H3,(H,26,28)/t19-,25+;20-,24+/m11/s1. The predicted octanol–water partition coefficient (Wildman–Crippen LogP) is 5.52. The molecule has 5 aromatic rings. The number of hydrogen-bond donors (Lipinski definition) is 4. The first-order valence-corrected chi connectivity index (χ1v) is 21.8. The van der Waals surface area contributed by atoms with Gasteiger partial charge < -0.3 is 28.7 Å². The fraction of sp³-hybridized carbons (Fsp3) is 0.388. The van der Waals surface area contributed by atoms with E-state index in [1.54, 1.807) is 44.2 Å². The van der Waals surface area contributed by atoms with Crippen molar-refractivity contribution in [3.05, 3.63) is 125 Å². The monoisotopic (exact) mass is 906 g/mol. The molecule has 0 radical (unpaired) electrons. The molecule has 0 bridgehead atoms. The van der Waals surface area contributed by atoms with Crippen LogP contribution in [0.3, 0.4) is 0 Å². The average molecular weight is 907 g/mol. The average Bonchev–Trinajstić information content (AvgIpc) is 4.26. The van der Waals surface area contributed by atoms with Gasteiger partial charge in [0.25, 0.3) is 0 Å². The third-order valence-corrected chi connectivity index (χ3v) is 12.3. The largest absolute Gasteiger partial charge is 0.489 e. The first kappa shape index (κ1) is 47.3. The number of aromatic nitrogens is 2. The second-order valence-corrected chi connectivity index (χ2v) is 17.1. The summed E-state index contributed by atoms with van der Waals surface area (Å²) in [6.07, 6.45) is 2.98. The number of ether oxygens (including phenoxy) is 4. The molecule has 3 aliphatic rings. The Labute approximate surface area is 381 Å². The third-order valence-electron chi connectivity index (χ3n) is 12.3. The van der Waals surface area contributed by atoms with Gasteiger partial charge in [0.2, 0.25) is 17.7 Å². The van der Waals surface area contributed by atoms with E-state index < -0.39 is 46.3 Å². The van der Waals surface area contributed by atoms with Crippen molar-refractivity contribution in [3.63, 3.8) is 0 Å². The van der Waals surface area contributed by atoms with Crippen LogP contribution in [0, 0.1) is 35.4 Å². The molecule has 3 aromatic carbocycles. The molecule has 2 aliphatic carbocycles. The Morgan fingerprint density at radius 2 is 1.50 bits per heavy atom. The number of morpholine rings is 1. The number of nitrogens with zero attached hydrogens (tertiary/aromatic N) is 4. The Morgan fingerprint density at radius 1 is 0.833 bits per heavy atom. The molecule has 3 fully saturated rings. The molecule has 1 saturated heterocycles. The maximum atomic E-state index is 14.9. The van der Waals surface area contributed by atoms with Crippen LogP contribution < -0.4 is 25.3 Å². The Hall–Kier alpha value is -6.69. The number of carbonyl (C=O) groups excluding carboxylic acids is 4. The number of benzene rings is 3. The molecular weight excluding hydrogens is 852 g/mol. The van der Waals surface area contributed by atoms with E-state index in [0.29, 0.717) is 50.4 Å². The number of esters is 1. The lowest BCUT2D eigenvalue weighted by Gasteiger charge is -2.28. The van der Waals surface area contributed by atoms with E-state index in [4.69, 9.17) is 29.4 Å². The summed E-state index contributed by atoms with van der Waals surface area (Å²) in [7, 11) is 3.22. The number of fused-ring (bicyclic) bond motifs is 1. The molecule has 16 nitrogen and oxygen atoms in total. The van der Waals surface area contributed by atoms with Gasteiger partial charge in [-0.2, -0.15) is 0 Å². The van der Waals surface area contributed by atoms with Crippen LogP contribution >= 0.6 is 0 Å². The number of rotatable bonds is 16. The normalized spacial score (nSPS) is 20.6. The summed E-state index contributed by atoms with van der Waals surface area (Å²) in [6.45, 7) is 7.52. The van der Waals surface area contributed by atoms with Gasteiger partial charge in [0.1, 0.15) is 24.8 Å². The second kappa shape index (κ2) is 20.6. The predicted molar refractivity (Wildman–Crippen MR) is 239 cm³/mol. The fourth-order valence-electron chi connectivity index (χ4n) is 8.73. The van der Waals surface area contributed by atoms with Gasteiger partial charge in [-0.15, -0.1) is 0 Å². The van der Waals surface area contributed by atoms with Gasteiger partial charge in [0, 0.05) is 50.0 Å². The topological polar surface area (TPSA) is 202 Å². The number of amides is 3. The Morgan fingerprint density at radius 3 is 2.18 bits per heavy atom. The van der Waals surface area contributed by atoms with Crippen molar-refractivity contribution in [1.29, 1.82) is 0 Å². The maximum absolute atomic E-state index is 14.9. The maximum Gasteiger partial charge on any atom is 0.313 e. The molecule has 2 aromatic heterocycles. The number of anilines is 1. The van der Waals surface area contributed by atoms with Gasteiger partial charge >= 0.3 is 5.97 Å². The number of para-hydroxylation sites is 1. The highest BCUT2D eigenvalue weighted by Crippen LogP contribution is 2.57. The molecule has 8 rings (SSSR count). The number of hydrogen-bond acceptors (Lipinski definition) is 13. The van der Waals surface area contributed by atoms with Crippen LogP contribution in [0.15, 0.2) is 91.1 Å². The highest BCUT2D eigenvalue weighted by atomic mass is 19.1. The van der Waals surface area contributed by atoms with Crippen LogP contribution in [-0.4, -0.2) is 96.0 Å². The number of halogens is 1. The third kappa shape index (κ3) is 10.7. The van der Waals surface area contributed by atoms with Crippen molar-refractivity contribution in [2.45, 2.75) is 52.7 Å². The van der Waals surface area contributed by atoms with Gasteiger partial charge in [-0.05, 0) is 105 Å². The summed E-state index contributed by atoms with van der Waals surface area (Å²) < 4.78 is 37.2. The quantitative estimate of drug-likeness (QED) is 0.0549. The van der Waals surface area contributed by atoms with Crippen LogP contribution in [0.5, 0.6) is 11.5 Å². The first-order chi connectivity index (χ1) is 31.8. The Balaban J connectivity index is 0.000000196. The van der Waals surface area contributed by atoms with Crippen molar-refractivity contribution >= 4 is 40.4 Å². The molecule has 0 unspecified atom stereocenters. The van der Waals surface area contributed by atoms with E-state index >= 15 is 0 Å². The van der Waals surface area contributed by atoms with E-state index in [0.717, 1.165) is 52.2 Å². The molecule has 66 heavy (non-hydrogen) atoms. The van der Waals surface area contributed by atoms with Crippen molar-refractivity contribution in [3.8, 4) is 11.5 Å².